The van der Waals surface area contributed by atoms with Gasteiger partial charge in [-0.3, -0.25) is 4.99 Å². The fourth-order valence-corrected chi connectivity index (χ4v) is 1.43. The Morgan fingerprint density at radius 1 is 1.42 bits per heavy atom. The van der Waals surface area contributed by atoms with E-state index >= 15 is 0 Å². The van der Waals surface area contributed by atoms with E-state index in [0.29, 0.717) is 6.04 Å². The van der Waals surface area contributed by atoms with E-state index in [-0.39, 0.29) is 0 Å². The summed E-state index contributed by atoms with van der Waals surface area (Å²) in [6.45, 7) is 10.7. The van der Waals surface area contributed by atoms with Crippen LogP contribution in [0.15, 0.2) is 4.99 Å². The maximum absolute atomic E-state index is 4.62. The first-order valence-electron chi connectivity index (χ1n) is 5.29. The van der Waals surface area contributed by atoms with E-state index in [1.54, 1.807) is 0 Å². The second-order valence-corrected chi connectivity index (χ2v) is 3.40. The highest BCUT2D eigenvalue weighted by molar-refractivity contribution is 5.85. The molecule has 0 aromatic carbocycles. The minimum atomic E-state index is 0.634. The number of nitrogens with zero attached hydrogens (tertiary/aromatic N) is 1. The van der Waals surface area contributed by atoms with E-state index in [1.807, 2.05) is 13.8 Å². The van der Waals surface area contributed by atoms with Gasteiger partial charge in [-0.05, 0) is 25.2 Å². The molecule has 0 bridgehead atoms. The van der Waals surface area contributed by atoms with Crippen molar-refractivity contribution < 1.29 is 0 Å². The second kappa shape index (κ2) is 6.22. The van der Waals surface area contributed by atoms with E-state index in [9.17, 15) is 0 Å². The molecule has 0 amide bonds. The molecule has 1 heterocycles. The van der Waals surface area contributed by atoms with Crippen LogP contribution >= 0.6 is 0 Å². The van der Waals surface area contributed by atoms with Gasteiger partial charge in [0.1, 0.15) is 0 Å². The van der Waals surface area contributed by atoms with Crippen LogP contribution in [-0.2, 0) is 0 Å². The summed E-state index contributed by atoms with van der Waals surface area (Å²) in [7, 11) is 0. The van der Waals surface area contributed by atoms with Gasteiger partial charge >= 0.3 is 0 Å². The predicted octanol–water partition coefficient (Wildman–Crippen LogP) is 3.68. The molecular weight excluding hydrogens is 146 g/mol. The first-order valence-corrected chi connectivity index (χ1v) is 5.29. The summed E-state index contributed by atoms with van der Waals surface area (Å²) < 4.78 is 0. The van der Waals surface area contributed by atoms with Gasteiger partial charge in [-0.25, -0.2) is 0 Å². The van der Waals surface area contributed by atoms with Gasteiger partial charge in [0.05, 0.1) is 6.04 Å². The van der Waals surface area contributed by atoms with Crippen LogP contribution in [0.1, 0.15) is 53.9 Å². The number of hydrogen-bond acceptors (Lipinski definition) is 1. The smallest absolute Gasteiger partial charge is 0.0525 e. The average molecular weight is 169 g/mol. The van der Waals surface area contributed by atoms with Gasteiger partial charge in [0.25, 0.3) is 0 Å². The summed E-state index contributed by atoms with van der Waals surface area (Å²) >= 11 is 0. The van der Waals surface area contributed by atoms with Crippen molar-refractivity contribution >= 4 is 5.71 Å². The quantitative estimate of drug-likeness (QED) is 0.598. The molecular formula is C11H23N. The molecule has 0 aliphatic carbocycles. The SMILES string of the molecule is CC.CCC1=NC(C(C)C)CC1. The molecule has 0 aromatic rings. The molecule has 1 nitrogen and oxygen atoms in total. The van der Waals surface area contributed by atoms with Crippen molar-refractivity contribution in [3.05, 3.63) is 0 Å². The Morgan fingerprint density at radius 3 is 2.25 bits per heavy atom. The molecule has 12 heavy (non-hydrogen) atoms. The van der Waals surface area contributed by atoms with Gasteiger partial charge in [-0.15, -0.1) is 0 Å². The first-order chi connectivity index (χ1) is 5.74. The van der Waals surface area contributed by atoms with Crippen molar-refractivity contribution in [2.24, 2.45) is 10.9 Å². The molecule has 1 atom stereocenters. The number of aliphatic imine (C=N–C) groups is 1. The van der Waals surface area contributed by atoms with Crippen molar-refractivity contribution in [2.45, 2.75) is 59.9 Å². The van der Waals surface area contributed by atoms with Crippen LogP contribution < -0.4 is 0 Å². The summed E-state index contributed by atoms with van der Waals surface area (Å²) in [4.78, 5) is 4.62. The molecule has 0 saturated heterocycles. The third-order valence-electron chi connectivity index (χ3n) is 2.25. The lowest BCUT2D eigenvalue weighted by Crippen LogP contribution is -2.07. The van der Waals surface area contributed by atoms with Crippen LogP contribution in [0.2, 0.25) is 0 Å². The molecule has 0 N–H and O–H groups in total. The van der Waals surface area contributed by atoms with Crippen LogP contribution in [0.4, 0.5) is 0 Å². The number of hydrogen-bond donors (Lipinski definition) is 0. The summed E-state index contributed by atoms with van der Waals surface area (Å²) in [5.74, 6) is 0.740. The monoisotopic (exact) mass is 169 g/mol. The van der Waals surface area contributed by atoms with E-state index in [0.717, 1.165) is 12.3 Å². The summed E-state index contributed by atoms with van der Waals surface area (Å²) in [5, 5.41) is 0. The molecule has 0 aromatic heterocycles. The Kier molecular flexibility index (Phi) is 6.04. The van der Waals surface area contributed by atoms with Gasteiger partial charge in [-0.1, -0.05) is 34.6 Å². The second-order valence-electron chi connectivity index (χ2n) is 3.40. The Bertz CT molecular complexity index is 136. The molecule has 0 radical (unpaired) electrons. The predicted molar refractivity (Wildman–Crippen MR) is 56.9 cm³/mol. The zero-order valence-electron chi connectivity index (χ0n) is 9.22. The van der Waals surface area contributed by atoms with Crippen LogP contribution in [0, 0.1) is 5.92 Å². The molecule has 1 rings (SSSR count). The molecule has 72 valence electrons. The molecule has 1 heteroatoms. The van der Waals surface area contributed by atoms with E-state index in [1.165, 1.54) is 18.6 Å². The third kappa shape index (κ3) is 3.38. The molecule has 0 spiro atoms. The van der Waals surface area contributed by atoms with Gasteiger partial charge in [0.15, 0.2) is 0 Å². The van der Waals surface area contributed by atoms with Crippen molar-refractivity contribution in [1.29, 1.82) is 0 Å². The fraction of sp³-hybridized carbons (Fsp3) is 0.909. The van der Waals surface area contributed by atoms with Crippen LogP contribution in [-0.4, -0.2) is 11.8 Å². The Balaban J connectivity index is 0.000000561. The lowest BCUT2D eigenvalue weighted by Gasteiger charge is -2.08. The highest BCUT2D eigenvalue weighted by Gasteiger charge is 2.18. The van der Waals surface area contributed by atoms with Gasteiger partial charge in [0.2, 0.25) is 0 Å². The third-order valence-corrected chi connectivity index (χ3v) is 2.25. The summed E-state index contributed by atoms with van der Waals surface area (Å²) in [5.41, 5.74) is 1.43. The van der Waals surface area contributed by atoms with Crippen molar-refractivity contribution in [3.8, 4) is 0 Å². The van der Waals surface area contributed by atoms with Crippen molar-refractivity contribution in [1.82, 2.24) is 0 Å². The average Bonchev–Trinajstić information content (AvgIpc) is 2.55. The van der Waals surface area contributed by atoms with Gasteiger partial charge in [-0.2, -0.15) is 0 Å². The van der Waals surface area contributed by atoms with E-state index in [2.05, 4.69) is 25.8 Å². The summed E-state index contributed by atoms with van der Waals surface area (Å²) in [6, 6.07) is 0.634. The topological polar surface area (TPSA) is 12.4 Å². The maximum Gasteiger partial charge on any atom is 0.0525 e. The molecule has 0 fully saturated rings. The minimum Gasteiger partial charge on any atom is -0.291 e. The number of rotatable bonds is 2. The highest BCUT2D eigenvalue weighted by atomic mass is 14.8. The van der Waals surface area contributed by atoms with Crippen LogP contribution in [0.5, 0.6) is 0 Å². The lowest BCUT2D eigenvalue weighted by molar-refractivity contribution is 0.494. The highest BCUT2D eigenvalue weighted by Crippen LogP contribution is 2.21. The Morgan fingerprint density at radius 2 is 2.00 bits per heavy atom. The Labute approximate surface area is 77.3 Å². The van der Waals surface area contributed by atoms with Crippen molar-refractivity contribution in [2.75, 3.05) is 0 Å². The molecule has 1 aliphatic heterocycles. The first kappa shape index (κ1) is 11.7. The zero-order chi connectivity index (χ0) is 9.56. The van der Waals surface area contributed by atoms with Gasteiger partial charge in [0, 0.05) is 5.71 Å². The maximum atomic E-state index is 4.62. The fourth-order valence-electron chi connectivity index (χ4n) is 1.43. The van der Waals surface area contributed by atoms with E-state index in [4.69, 9.17) is 0 Å². The molecule has 1 aliphatic rings. The van der Waals surface area contributed by atoms with Gasteiger partial charge < -0.3 is 0 Å². The Hall–Kier alpha value is -0.330. The standard InChI is InChI=1S/C9H17N.C2H6/c1-4-8-5-6-9(10-8)7(2)3;1-2/h7,9H,4-6H2,1-3H3;1-2H3. The van der Waals surface area contributed by atoms with E-state index < -0.39 is 0 Å². The minimum absolute atomic E-state index is 0.634. The van der Waals surface area contributed by atoms with Crippen molar-refractivity contribution in [3.63, 3.8) is 0 Å². The largest absolute Gasteiger partial charge is 0.291 e. The van der Waals surface area contributed by atoms with Crippen LogP contribution in [0.3, 0.4) is 0 Å². The van der Waals surface area contributed by atoms with Crippen LogP contribution in [0.25, 0.3) is 0 Å². The zero-order valence-corrected chi connectivity index (χ0v) is 9.22. The molecule has 0 saturated carbocycles. The molecule has 1 unspecified atom stereocenters. The summed E-state index contributed by atoms with van der Waals surface area (Å²) in [6.07, 6.45) is 3.70. The lowest BCUT2D eigenvalue weighted by atomic mass is 10.0. The normalized spacial score (nSPS) is 21.8.